The molecule has 114 valence electrons. The number of hydrogen-bond donors (Lipinski definition) is 1. The summed E-state index contributed by atoms with van der Waals surface area (Å²) in [4.78, 5) is 0. The van der Waals surface area contributed by atoms with Crippen LogP contribution in [0.15, 0.2) is 12.2 Å². The Labute approximate surface area is 122 Å². The lowest BCUT2D eigenvalue weighted by Gasteiger charge is -2.02. The first-order chi connectivity index (χ1) is 9.27. The highest BCUT2D eigenvalue weighted by Gasteiger charge is 1.93. The van der Waals surface area contributed by atoms with Crippen molar-refractivity contribution in [1.82, 2.24) is 0 Å². The predicted octanol–water partition coefficient (Wildman–Crippen LogP) is 5.98. The number of unbranched alkanes of at least 4 members (excludes halogenated alkanes) is 10. The third-order valence-electron chi connectivity index (χ3n) is 3.67. The van der Waals surface area contributed by atoms with Crippen molar-refractivity contribution in [2.24, 2.45) is 5.73 Å². The van der Waals surface area contributed by atoms with Crippen LogP contribution in [0.1, 0.15) is 97.3 Å². The first-order valence-corrected chi connectivity index (χ1v) is 8.68. The molecule has 0 aromatic carbocycles. The van der Waals surface area contributed by atoms with E-state index in [1.165, 1.54) is 83.5 Å². The largest absolute Gasteiger partial charge is 0.328 e. The van der Waals surface area contributed by atoms with Gasteiger partial charge in [0, 0.05) is 6.04 Å². The topological polar surface area (TPSA) is 26.0 Å². The van der Waals surface area contributed by atoms with Crippen molar-refractivity contribution in [2.45, 2.75) is 103 Å². The Kier molecular flexibility index (Phi) is 15.5. The van der Waals surface area contributed by atoms with Crippen molar-refractivity contribution in [3.05, 3.63) is 12.2 Å². The smallest absolute Gasteiger partial charge is 0.00104 e. The second-order valence-corrected chi connectivity index (χ2v) is 6.00. The molecule has 0 aromatic rings. The second-order valence-electron chi connectivity index (χ2n) is 6.00. The fourth-order valence-corrected chi connectivity index (χ4v) is 2.36. The Hall–Kier alpha value is -0.300. The molecule has 0 aliphatic rings. The zero-order valence-electron chi connectivity index (χ0n) is 13.5. The minimum atomic E-state index is 0.382. The van der Waals surface area contributed by atoms with Gasteiger partial charge in [-0.25, -0.2) is 0 Å². The molecule has 0 spiro atoms. The van der Waals surface area contributed by atoms with Crippen molar-refractivity contribution in [3.63, 3.8) is 0 Å². The lowest BCUT2D eigenvalue weighted by atomic mass is 10.1. The van der Waals surface area contributed by atoms with E-state index >= 15 is 0 Å². The van der Waals surface area contributed by atoms with Crippen molar-refractivity contribution < 1.29 is 0 Å². The van der Waals surface area contributed by atoms with E-state index in [9.17, 15) is 0 Å². The number of nitrogens with two attached hydrogens (primary N) is 1. The molecule has 0 aliphatic carbocycles. The van der Waals surface area contributed by atoms with Crippen LogP contribution in [0.4, 0.5) is 0 Å². The Morgan fingerprint density at radius 3 is 1.74 bits per heavy atom. The maximum absolute atomic E-state index is 5.73. The van der Waals surface area contributed by atoms with Crippen LogP contribution in [0.25, 0.3) is 0 Å². The van der Waals surface area contributed by atoms with Gasteiger partial charge in [-0.2, -0.15) is 0 Å². The molecular formula is C18H37N. The van der Waals surface area contributed by atoms with Gasteiger partial charge in [-0.05, 0) is 39.0 Å². The molecule has 0 fully saturated rings. The van der Waals surface area contributed by atoms with E-state index in [1.54, 1.807) is 0 Å². The van der Waals surface area contributed by atoms with E-state index < -0.39 is 0 Å². The number of hydrogen-bond acceptors (Lipinski definition) is 1. The van der Waals surface area contributed by atoms with E-state index in [4.69, 9.17) is 5.73 Å². The van der Waals surface area contributed by atoms with Gasteiger partial charge in [0.05, 0.1) is 0 Å². The summed E-state index contributed by atoms with van der Waals surface area (Å²) in [7, 11) is 0. The van der Waals surface area contributed by atoms with Crippen LogP contribution in [0.5, 0.6) is 0 Å². The van der Waals surface area contributed by atoms with E-state index in [0.717, 1.165) is 0 Å². The van der Waals surface area contributed by atoms with Crippen molar-refractivity contribution in [3.8, 4) is 0 Å². The van der Waals surface area contributed by atoms with E-state index in [-0.39, 0.29) is 0 Å². The summed E-state index contributed by atoms with van der Waals surface area (Å²) in [5.41, 5.74) is 5.73. The molecule has 0 heterocycles. The minimum Gasteiger partial charge on any atom is -0.328 e. The summed E-state index contributed by atoms with van der Waals surface area (Å²) in [6.45, 7) is 4.38. The van der Waals surface area contributed by atoms with Crippen LogP contribution >= 0.6 is 0 Å². The second kappa shape index (κ2) is 15.8. The van der Waals surface area contributed by atoms with Crippen LogP contribution < -0.4 is 5.73 Å². The molecule has 0 aromatic heterocycles. The SMILES string of the molecule is CCCCCCCCCC=CCCCCCC(C)N. The molecule has 1 atom stereocenters. The van der Waals surface area contributed by atoms with Crippen LogP contribution in [0.2, 0.25) is 0 Å². The molecule has 1 heteroatoms. The zero-order valence-corrected chi connectivity index (χ0v) is 13.5. The molecule has 0 saturated heterocycles. The highest BCUT2D eigenvalue weighted by Crippen LogP contribution is 2.09. The maximum Gasteiger partial charge on any atom is 0.00104 e. The molecule has 0 saturated carbocycles. The first-order valence-electron chi connectivity index (χ1n) is 8.68. The van der Waals surface area contributed by atoms with Crippen molar-refractivity contribution in [2.75, 3.05) is 0 Å². The Morgan fingerprint density at radius 2 is 1.21 bits per heavy atom. The third-order valence-corrected chi connectivity index (χ3v) is 3.67. The van der Waals surface area contributed by atoms with E-state index in [0.29, 0.717) is 6.04 Å². The van der Waals surface area contributed by atoms with Gasteiger partial charge in [0.1, 0.15) is 0 Å². The molecular weight excluding hydrogens is 230 g/mol. The highest BCUT2D eigenvalue weighted by molar-refractivity contribution is 4.81. The average molecular weight is 268 g/mol. The van der Waals surface area contributed by atoms with Gasteiger partial charge in [0.15, 0.2) is 0 Å². The minimum absolute atomic E-state index is 0.382. The molecule has 2 N–H and O–H groups in total. The first kappa shape index (κ1) is 18.7. The summed E-state index contributed by atoms with van der Waals surface area (Å²) in [5.74, 6) is 0. The molecule has 0 radical (unpaired) electrons. The third kappa shape index (κ3) is 17.7. The normalized spacial score (nSPS) is 13.2. The Bertz CT molecular complexity index is 184. The average Bonchev–Trinajstić information content (AvgIpc) is 2.39. The monoisotopic (exact) mass is 267 g/mol. The van der Waals surface area contributed by atoms with Crippen LogP contribution in [0, 0.1) is 0 Å². The van der Waals surface area contributed by atoms with Crippen molar-refractivity contribution >= 4 is 0 Å². The number of rotatable bonds is 14. The molecule has 0 rings (SSSR count). The zero-order chi connectivity index (χ0) is 14.2. The van der Waals surface area contributed by atoms with Crippen molar-refractivity contribution in [1.29, 1.82) is 0 Å². The molecule has 1 unspecified atom stereocenters. The lowest BCUT2D eigenvalue weighted by molar-refractivity contribution is 0.581. The van der Waals surface area contributed by atoms with Gasteiger partial charge in [0.25, 0.3) is 0 Å². The molecule has 19 heavy (non-hydrogen) atoms. The standard InChI is InChI=1S/C18H37N/c1-3-4-5-6-7-8-9-10-11-12-13-14-15-16-17-18(2)19/h11-12,18H,3-10,13-17,19H2,1-2H3. The van der Waals surface area contributed by atoms with Crippen LogP contribution in [-0.2, 0) is 0 Å². The molecule has 0 aliphatic heterocycles. The summed E-state index contributed by atoms with van der Waals surface area (Å²) in [6.07, 6.45) is 22.3. The molecule has 1 nitrogen and oxygen atoms in total. The van der Waals surface area contributed by atoms with E-state index in [2.05, 4.69) is 26.0 Å². The van der Waals surface area contributed by atoms with Gasteiger partial charge < -0.3 is 5.73 Å². The summed E-state index contributed by atoms with van der Waals surface area (Å²) in [6, 6.07) is 0.382. The quantitative estimate of drug-likeness (QED) is 0.304. The summed E-state index contributed by atoms with van der Waals surface area (Å²) < 4.78 is 0. The van der Waals surface area contributed by atoms with Gasteiger partial charge in [-0.3, -0.25) is 0 Å². The predicted molar refractivity (Wildman–Crippen MR) is 88.5 cm³/mol. The fraction of sp³-hybridized carbons (Fsp3) is 0.889. The summed E-state index contributed by atoms with van der Waals surface area (Å²) >= 11 is 0. The van der Waals surface area contributed by atoms with Gasteiger partial charge in [0.2, 0.25) is 0 Å². The fourth-order valence-electron chi connectivity index (χ4n) is 2.36. The van der Waals surface area contributed by atoms with Crippen LogP contribution in [-0.4, -0.2) is 6.04 Å². The van der Waals surface area contributed by atoms with Gasteiger partial charge in [-0.15, -0.1) is 0 Å². The maximum atomic E-state index is 5.73. The Balaban J connectivity index is 3.05. The summed E-state index contributed by atoms with van der Waals surface area (Å²) in [5, 5.41) is 0. The number of allylic oxidation sites excluding steroid dienone is 2. The Morgan fingerprint density at radius 1 is 0.737 bits per heavy atom. The lowest BCUT2D eigenvalue weighted by Crippen LogP contribution is -2.13. The highest BCUT2D eigenvalue weighted by atomic mass is 14.6. The van der Waals surface area contributed by atoms with E-state index in [1.807, 2.05) is 0 Å². The van der Waals surface area contributed by atoms with Gasteiger partial charge >= 0.3 is 0 Å². The van der Waals surface area contributed by atoms with Gasteiger partial charge in [-0.1, -0.05) is 70.4 Å². The molecule has 0 amide bonds. The molecule has 0 bridgehead atoms. The van der Waals surface area contributed by atoms with Crippen LogP contribution in [0.3, 0.4) is 0 Å².